The van der Waals surface area contributed by atoms with Crippen LogP contribution in [0.25, 0.3) is 0 Å². The third-order valence-electron chi connectivity index (χ3n) is 4.62. The molecule has 5 nitrogen and oxygen atoms in total. The fourth-order valence-corrected chi connectivity index (χ4v) is 2.97. The molecule has 1 aromatic heterocycles. The number of benzene rings is 2. The fraction of sp³-hybridized carbons (Fsp3) is 0.261. The summed E-state index contributed by atoms with van der Waals surface area (Å²) in [6, 6.07) is 19.6. The third-order valence-corrected chi connectivity index (χ3v) is 4.62. The number of rotatable bonds is 8. The number of methoxy groups -OCH3 is 1. The number of furan rings is 1. The van der Waals surface area contributed by atoms with Crippen LogP contribution in [-0.4, -0.2) is 32.0 Å². The molecule has 5 heteroatoms. The molecule has 2 aromatic carbocycles. The van der Waals surface area contributed by atoms with Gasteiger partial charge in [-0.15, -0.1) is 0 Å². The van der Waals surface area contributed by atoms with Gasteiger partial charge in [-0.1, -0.05) is 24.3 Å². The molecule has 0 aliphatic heterocycles. The van der Waals surface area contributed by atoms with Crippen molar-refractivity contribution in [2.24, 2.45) is 0 Å². The Balaban J connectivity index is 1.74. The lowest BCUT2D eigenvalue weighted by Crippen LogP contribution is -2.31. The molecule has 0 fully saturated rings. The Bertz CT molecular complexity index is 869. The van der Waals surface area contributed by atoms with Gasteiger partial charge < -0.3 is 19.0 Å². The average molecular weight is 378 g/mol. The minimum absolute atomic E-state index is 0.0539. The molecule has 0 bridgehead atoms. The monoisotopic (exact) mass is 378 g/mol. The summed E-state index contributed by atoms with van der Waals surface area (Å²) in [5.41, 5.74) is 3.17. The lowest BCUT2D eigenvalue weighted by Gasteiger charge is -2.22. The molecule has 0 aliphatic carbocycles. The number of carbonyl (C=O) groups is 1. The van der Waals surface area contributed by atoms with Crippen LogP contribution < -0.4 is 9.64 Å². The van der Waals surface area contributed by atoms with Gasteiger partial charge in [-0.2, -0.15) is 0 Å². The standard InChI is InChI=1S/C23H26N2O3/c1-24(2)20-10-6-19(7-11-20)16-25(17-22-5-4-14-28-22)23(26)15-18-8-12-21(27-3)13-9-18/h4-14H,15-17H2,1-3H3. The second-order valence-corrected chi connectivity index (χ2v) is 6.91. The average Bonchev–Trinajstić information content (AvgIpc) is 3.21. The molecule has 0 saturated heterocycles. The van der Waals surface area contributed by atoms with E-state index in [9.17, 15) is 4.79 Å². The van der Waals surface area contributed by atoms with Crippen molar-refractivity contribution < 1.29 is 13.9 Å². The molecule has 0 aliphatic rings. The molecule has 0 radical (unpaired) electrons. The van der Waals surface area contributed by atoms with E-state index in [2.05, 4.69) is 29.2 Å². The Morgan fingerprint density at radius 1 is 0.929 bits per heavy atom. The summed E-state index contributed by atoms with van der Waals surface area (Å²) >= 11 is 0. The number of nitrogens with zero attached hydrogens (tertiary/aromatic N) is 2. The molecular weight excluding hydrogens is 352 g/mol. The van der Waals surface area contributed by atoms with Crippen LogP contribution in [0, 0.1) is 0 Å². The fourth-order valence-electron chi connectivity index (χ4n) is 2.97. The van der Waals surface area contributed by atoms with Crippen LogP contribution in [0.1, 0.15) is 16.9 Å². The minimum atomic E-state index is 0.0539. The van der Waals surface area contributed by atoms with Gasteiger partial charge in [-0.3, -0.25) is 4.79 Å². The molecule has 28 heavy (non-hydrogen) atoms. The number of ether oxygens (including phenoxy) is 1. The quantitative estimate of drug-likeness (QED) is 0.591. The first-order valence-electron chi connectivity index (χ1n) is 9.24. The highest BCUT2D eigenvalue weighted by molar-refractivity contribution is 5.78. The SMILES string of the molecule is COc1ccc(CC(=O)N(Cc2ccc(N(C)C)cc2)Cc2ccco2)cc1. The molecule has 3 rings (SSSR count). The molecule has 0 spiro atoms. The topological polar surface area (TPSA) is 45.9 Å². The largest absolute Gasteiger partial charge is 0.497 e. The molecule has 0 saturated carbocycles. The maximum Gasteiger partial charge on any atom is 0.227 e. The van der Waals surface area contributed by atoms with Crippen molar-refractivity contribution in [1.82, 2.24) is 4.90 Å². The predicted molar refractivity (Wildman–Crippen MR) is 110 cm³/mol. The summed E-state index contributed by atoms with van der Waals surface area (Å²) in [4.78, 5) is 16.9. The Morgan fingerprint density at radius 2 is 1.61 bits per heavy atom. The van der Waals surface area contributed by atoms with E-state index in [0.717, 1.165) is 28.3 Å². The molecular formula is C23H26N2O3. The predicted octanol–water partition coefficient (Wildman–Crippen LogP) is 4.13. The molecule has 3 aromatic rings. The lowest BCUT2D eigenvalue weighted by atomic mass is 10.1. The molecule has 1 heterocycles. The summed E-state index contributed by atoms with van der Waals surface area (Å²) in [7, 11) is 5.65. The highest BCUT2D eigenvalue weighted by Crippen LogP contribution is 2.18. The van der Waals surface area contributed by atoms with Crippen LogP contribution in [0.2, 0.25) is 0 Å². The van der Waals surface area contributed by atoms with E-state index in [4.69, 9.17) is 9.15 Å². The van der Waals surface area contributed by atoms with Gasteiger partial charge >= 0.3 is 0 Å². The van der Waals surface area contributed by atoms with Crippen molar-refractivity contribution in [3.63, 3.8) is 0 Å². The third kappa shape index (κ3) is 5.16. The summed E-state index contributed by atoms with van der Waals surface area (Å²) in [6.07, 6.45) is 1.97. The number of amides is 1. The van der Waals surface area contributed by atoms with Crippen LogP contribution in [0.3, 0.4) is 0 Å². The van der Waals surface area contributed by atoms with E-state index in [1.807, 2.05) is 55.4 Å². The first-order chi connectivity index (χ1) is 13.5. The Kier molecular flexibility index (Phi) is 6.37. The van der Waals surface area contributed by atoms with E-state index in [1.54, 1.807) is 13.4 Å². The highest BCUT2D eigenvalue weighted by Gasteiger charge is 2.17. The number of carbonyl (C=O) groups excluding carboxylic acids is 1. The van der Waals surface area contributed by atoms with E-state index in [-0.39, 0.29) is 5.91 Å². The van der Waals surface area contributed by atoms with Crippen molar-refractivity contribution in [1.29, 1.82) is 0 Å². The van der Waals surface area contributed by atoms with Crippen molar-refractivity contribution in [2.75, 3.05) is 26.1 Å². The lowest BCUT2D eigenvalue weighted by molar-refractivity contribution is -0.132. The summed E-state index contributed by atoms with van der Waals surface area (Å²) < 4.78 is 10.7. The maximum absolute atomic E-state index is 13.0. The van der Waals surface area contributed by atoms with Crippen molar-refractivity contribution in [3.8, 4) is 5.75 Å². The van der Waals surface area contributed by atoms with Gasteiger partial charge in [0.2, 0.25) is 5.91 Å². The second kappa shape index (κ2) is 9.13. The van der Waals surface area contributed by atoms with Gasteiger partial charge in [0, 0.05) is 26.3 Å². The van der Waals surface area contributed by atoms with E-state index >= 15 is 0 Å². The van der Waals surface area contributed by atoms with Gasteiger partial charge in [0.15, 0.2) is 0 Å². The highest BCUT2D eigenvalue weighted by atomic mass is 16.5. The maximum atomic E-state index is 13.0. The minimum Gasteiger partial charge on any atom is -0.497 e. The number of hydrogen-bond donors (Lipinski definition) is 0. The molecule has 0 unspecified atom stereocenters. The van der Waals surface area contributed by atoms with Crippen LogP contribution in [0.15, 0.2) is 71.3 Å². The van der Waals surface area contributed by atoms with Gasteiger partial charge in [0.1, 0.15) is 11.5 Å². The van der Waals surface area contributed by atoms with Crippen molar-refractivity contribution >= 4 is 11.6 Å². The van der Waals surface area contributed by atoms with E-state index in [1.165, 1.54) is 0 Å². The second-order valence-electron chi connectivity index (χ2n) is 6.91. The van der Waals surface area contributed by atoms with Gasteiger partial charge in [0.25, 0.3) is 0 Å². The first kappa shape index (κ1) is 19.5. The van der Waals surface area contributed by atoms with Crippen molar-refractivity contribution in [3.05, 3.63) is 83.8 Å². The van der Waals surface area contributed by atoms with E-state index in [0.29, 0.717) is 19.5 Å². The van der Waals surface area contributed by atoms with Gasteiger partial charge in [0.05, 0.1) is 26.3 Å². The Labute approximate surface area is 166 Å². The molecule has 1 amide bonds. The van der Waals surface area contributed by atoms with Crippen LogP contribution in [-0.2, 0) is 24.3 Å². The Hall–Kier alpha value is -3.21. The Morgan fingerprint density at radius 3 is 2.18 bits per heavy atom. The summed E-state index contributed by atoms with van der Waals surface area (Å²) in [5.74, 6) is 1.61. The van der Waals surface area contributed by atoms with Crippen molar-refractivity contribution in [2.45, 2.75) is 19.5 Å². The normalized spacial score (nSPS) is 10.5. The first-order valence-corrected chi connectivity index (χ1v) is 9.24. The smallest absolute Gasteiger partial charge is 0.227 e. The zero-order chi connectivity index (χ0) is 19.9. The van der Waals surface area contributed by atoms with Crippen LogP contribution >= 0.6 is 0 Å². The van der Waals surface area contributed by atoms with E-state index < -0.39 is 0 Å². The van der Waals surface area contributed by atoms with Gasteiger partial charge in [-0.25, -0.2) is 0 Å². The number of hydrogen-bond acceptors (Lipinski definition) is 4. The molecule has 0 atom stereocenters. The number of anilines is 1. The zero-order valence-electron chi connectivity index (χ0n) is 16.6. The summed E-state index contributed by atoms with van der Waals surface area (Å²) in [5, 5.41) is 0. The molecule has 0 N–H and O–H groups in total. The van der Waals surface area contributed by atoms with Gasteiger partial charge in [-0.05, 0) is 47.5 Å². The molecule has 146 valence electrons. The van der Waals surface area contributed by atoms with Crippen LogP contribution in [0.5, 0.6) is 5.75 Å². The summed E-state index contributed by atoms with van der Waals surface area (Å²) in [6.45, 7) is 0.973. The zero-order valence-corrected chi connectivity index (χ0v) is 16.6. The van der Waals surface area contributed by atoms with Crippen LogP contribution in [0.4, 0.5) is 5.69 Å².